The molecule has 0 aromatic carbocycles. The van der Waals surface area contributed by atoms with Gasteiger partial charge in [0, 0.05) is 18.4 Å². The molecule has 1 amide bonds. The Labute approximate surface area is 108 Å². The van der Waals surface area contributed by atoms with Crippen molar-refractivity contribution in [3.05, 3.63) is 29.7 Å². The van der Waals surface area contributed by atoms with E-state index in [4.69, 9.17) is 0 Å². The van der Waals surface area contributed by atoms with Crippen LogP contribution in [0.5, 0.6) is 0 Å². The Bertz CT molecular complexity index is 552. The summed E-state index contributed by atoms with van der Waals surface area (Å²) in [4.78, 5) is 24.5. The highest BCUT2D eigenvalue weighted by molar-refractivity contribution is 7.17. The van der Waals surface area contributed by atoms with Gasteiger partial charge in [-0.3, -0.25) is 9.78 Å². The maximum absolute atomic E-state index is 11.8. The van der Waals surface area contributed by atoms with Gasteiger partial charge in [-0.1, -0.05) is 11.3 Å². The van der Waals surface area contributed by atoms with Crippen LogP contribution in [0.15, 0.2) is 24.8 Å². The summed E-state index contributed by atoms with van der Waals surface area (Å²) < 4.78 is 0. The zero-order valence-corrected chi connectivity index (χ0v) is 10.3. The summed E-state index contributed by atoms with van der Waals surface area (Å²) in [6.45, 7) is 0. The third kappa shape index (κ3) is 2.62. The highest BCUT2D eigenvalue weighted by atomic mass is 32.1. The number of anilines is 2. The first-order valence-electron chi connectivity index (χ1n) is 5.61. The largest absolute Gasteiger partial charge is 0.349 e. The molecule has 1 aliphatic rings. The highest BCUT2D eigenvalue weighted by Gasteiger charge is 2.24. The highest BCUT2D eigenvalue weighted by Crippen LogP contribution is 2.23. The van der Waals surface area contributed by atoms with Gasteiger partial charge in [0.2, 0.25) is 0 Å². The summed E-state index contributed by atoms with van der Waals surface area (Å²) in [7, 11) is 0. The Kier molecular flexibility index (Phi) is 2.89. The molecule has 92 valence electrons. The molecule has 0 spiro atoms. The van der Waals surface area contributed by atoms with Crippen molar-refractivity contribution in [3.8, 4) is 0 Å². The predicted octanol–water partition coefficient (Wildman–Crippen LogP) is 1.57. The molecular formula is C11H11N5OS. The zero-order chi connectivity index (χ0) is 12.4. The number of rotatable bonds is 4. The van der Waals surface area contributed by atoms with E-state index < -0.39 is 0 Å². The van der Waals surface area contributed by atoms with Gasteiger partial charge < -0.3 is 10.6 Å². The second-order valence-corrected chi connectivity index (χ2v) is 5.02. The number of nitrogens with one attached hydrogen (secondary N) is 2. The van der Waals surface area contributed by atoms with E-state index in [0.29, 0.717) is 21.9 Å². The van der Waals surface area contributed by atoms with Crippen LogP contribution < -0.4 is 10.6 Å². The van der Waals surface area contributed by atoms with E-state index in [1.165, 1.54) is 11.3 Å². The molecule has 2 heterocycles. The Balaban J connectivity index is 1.67. The van der Waals surface area contributed by atoms with E-state index in [1.54, 1.807) is 24.8 Å². The van der Waals surface area contributed by atoms with Crippen molar-refractivity contribution in [2.45, 2.75) is 18.9 Å². The summed E-state index contributed by atoms with van der Waals surface area (Å²) in [5.41, 5.74) is 0. The van der Waals surface area contributed by atoms with Crippen LogP contribution in [0.1, 0.15) is 22.5 Å². The SMILES string of the molecule is O=C(NC1CC1)c1cnc(Nc2cnccn2)s1. The summed E-state index contributed by atoms with van der Waals surface area (Å²) >= 11 is 1.30. The number of carbonyl (C=O) groups excluding carboxylic acids is 1. The lowest BCUT2D eigenvalue weighted by Gasteiger charge is -1.99. The van der Waals surface area contributed by atoms with E-state index in [9.17, 15) is 4.79 Å². The Morgan fingerprint density at radius 2 is 2.17 bits per heavy atom. The standard InChI is InChI=1S/C11H11N5OS/c17-10(15-7-1-2-7)8-5-14-11(18-8)16-9-6-12-3-4-13-9/h3-7H,1-2H2,(H,15,17)(H,13,14,16). The lowest BCUT2D eigenvalue weighted by Crippen LogP contribution is -2.24. The summed E-state index contributed by atoms with van der Waals surface area (Å²) in [5, 5.41) is 6.56. The van der Waals surface area contributed by atoms with Crippen molar-refractivity contribution in [2.24, 2.45) is 0 Å². The van der Waals surface area contributed by atoms with Crippen LogP contribution in [0.4, 0.5) is 10.9 Å². The normalized spacial score (nSPS) is 14.2. The molecular weight excluding hydrogens is 250 g/mol. The molecule has 2 aromatic rings. The fourth-order valence-corrected chi connectivity index (χ4v) is 2.12. The first kappa shape index (κ1) is 11.1. The number of nitrogens with zero attached hydrogens (tertiary/aromatic N) is 3. The maximum atomic E-state index is 11.8. The van der Waals surface area contributed by atoms with Crippen LogP contribution in [0.3, 0.4) is 0 Å². The predicted molar refractivity (Wildman–Crippen MR) is 67.9 cm³/mol. The number of hydrogen-bond acceptors (Lipinski definition) is 6. The second-order valence-electron chi connectivity index (χ2n) is 3.99. The molecule has 0 unspecified atom stereocenters. The van der Waals surface area contributed by atoms with Gasteiger partial charge in [-0.15, -0.1) is 0 Å². The zero-order valence-electron chi connectivity index (χ0n) is 9.46. The van der Waals surface area contributed by atoms with E-state index in [2.05, 4.69) is 25.6 Å². The number of amides is 1. The molecule has 1 aliphatic carbocycles. The van der Waals surface area contributed by atoms with Gasteiger partial charge in [-0.05, 0) is 12.8 Å². The van der Waals surface area contributed by atoms with E-state index in [-0.39, 0.29) is 5.91 Å². The van der Waals surface area contributed by atoms with Gasteiger partial charge in [0.15, 0.2) is 10.9 Å². The van der Waals surface area contributed by atoms with Gasteiger partial charge in [-0.2, -0.15) is 0 Å². The first-order chi connectivity index (χ1) is 8.81. The molecule has 0 saturated heterocycles. The summed E-state index contributed by atoms with van der Waals surface area (Å²) in [5.74, 6) is 0.559. The molecule has 3 rings (SSSR count). The van der Waals surface area contributed by atoms with Gasteiger partial charge >= 0.3 is 0 Å². The van der Waals surface area contributed by atoms with Crippen molar-refractivity contribution < 1.29 is 4.79 Å². The first-order valence-corrected chi connectivity index (χ1v) is 6.42. The molecule has 0 atom stereocenters. The maximum Gasteiger partial charge on any atom is 0.263 e. The summed E-state index contributed by atoms with van der Waals surface area (Å²) in [6.07, 6.45) is 8.52. The molecule has 2 N–H and O–H groups in total. The average molecular weight is 261 g/mol. The fourth-order valence-electron chi connectivity index (χ4n) is 1.39. The van der Waals surface area contributed by atoms with Crippen molar-refractivity contribution >= 4 is 28.2 Å². The second kappa shape index (κ2) is 4.69. The van der Waals surface area contributed by atoms with Crippen LogP contribution >= 0.6 is 11.3 Å². The van der Waals surface area contributed by atoms with E-state index in [1.807, 2.05) is 0 Å². The summed E-state index contributed by atoms with van der Waals surface area (Å²) in [6, 6.07) is 0.357. The van der Waals surface area contributed by atoms with E-state index >= 15 is 0 Å². The van der Waals surface area contributed by atoms with Gasteiger partial charge in [0.25, 0.3) is 5.91 Å². The number of thiazole rings is 1. The topological polar surface area (TPSA) is 79.8 Å². The van der Waals surface area contributed by atoms with Crippen molar-refractivity contribution in [1.29, 1.82) is 0 Å². The Morgan fingerprint density at radius 1 is 1.28 bits per heavy atom. The monoisotopic (exact) mass is 261 g/mol. The van der Waals surface area contributed by atoms with Crippen LogP contribution in [-0.2, 0) is 0 Å². The minimum absolute atomic E-state index is 0.0535. The lowest BCUT2D eigenvalue weighted by molar-refractivity contribution is 0.0955. The molecule has 18 heavy (non-hydrogen) atoms. The van der Waals surface area contributed by atoms with Crippen LogP contribution in [-0.4, -0.2) is 26.9 Å². The Hall–Kier alpha value is -2.02. The molecule has 0 bridgehead atoms. The molecule has 0 radical (unpaired) electrons. The third-order valence-corrected chi connectivity index (χ3v) is 3.35. The molecule has 6 nitrogen and oxygen atoms in total. The fraction of sp³-hybridized carbons (Fsp3) is 0.273. The molecule has 2 aromatic heterocycles. The van der Waals surface area contributed by atoms with Gasteiger partial charge in [-0.25, -0.2) is 9.97 Å². The lowest BCUT2D eigenvalue weighted by atomic mass is 10.5. The molecule has 1 saturated carbocycles. The van der Waals surface area contributed by atoms with Gasteiger partial charge in [0.05, 0.1) is 12.4 Å². The number of hydrogen-bond donors (Lipinski definition) is 2. The van der Waals surface area contributed by atoms with Crippen molar-refractivity contribution in [3.63, 3.8) is 0 Å². The smallest absolute Gasteiger partial charge is 0.263 e. The quantitative estimate of drug-likeness (QED) is 0.873. The molecule has 1 fully saturated rings. The molecule has 7 heteroatoms. The number of aromatic nitrogens is 3. The Morgan fingerprint density at radius 3 is 2.89 bits per heavy atom. The van der Waals surface area contributed by atoms with Crippen LogP contribution in [0, 0.1) is 0 Å². The molecule has 0 aliphatic heterocycles. The minimum Gasteiger partial charge on any atom is -0.349 e. The number of carbonyl (C=O) groups is 1. The van der Waals surface area contributed by atoms with E-state index in [0.717, 1.165) is 12.8 Å². The third-order valence-electron chi connectivity index (χ3n) is 2.44. The average Bonchev–Trinajstić information content (AvgIpc) is 3.07. The van der Waals surface area contributed by atoms with Gasteiger partial charge in [0.1, 0.15) is 4.88 Å². The van der Waals surface area contributed by atoms with Crippen molar-refractivity contribution in [1.82, 2.24) is 20.3 Å². The van der Waals surface area contributed by atoms with Crippen LogP contribution in [0.25, 0.3) is 0 Å². The minimum atomic E-state index is -0.0535. The van der Waals surface area contributed by atoms with Crippen molar-refractivity contribution in [2.75, 3.05) is 5.32 Å². The van der Waals surface area contributed by atoms with Crippen LogP contribution in [0.2, 0.25) is 0 Å².